The molecule has 2 aliphatic carbocycles. The Labute approximate surface area is 185 Å². The molecule has 4 aliphatic rings. The standard InChI is InChI=1S/C25H32N4O2/c26-16-23(17-27)21(19-12-8-7-9-13-19)30-25-15-11-6-4-2-1-3-5-10-14-20(25)24(23,18-28)22(29)31-25/h7-8,19-21,29H,1-6,9-15H2. The van der Waals surface area contributed by atoms with Crippen molar-refractivity contribution < 1.29 is 9.47 Å². The Balaban J connectivity index is 1.83. The molecule has 6 heteroatoms. The van der Waals surface area contributed by atoms with Gasteiger partial charge in [-0.1, -0.05) is 57.1 Å². The highest BCUT2D eigenvalue weighted by Crippen LogP contribution is 2.66. The van der Waals surface area contributed by atoms with E-state index in [1.165, 1.54) is 19.3 Å². The molecule has 1 N–H and O–H groups in total. The summed E-state index contributed by atoms with van der Waals surface area (Å²) in [4.78, 5) is 0. The van der Waals surface area contributed by atoms with Crippen molar-refractivity contribution in [2.75, 3.05) is 0 Å². The smallest absolute Gasteiger partial charge is 0.217 e. The van der Waals surface area contributed by atoms with Gasteiger partial charge in [0.2, 0.25) is 11.7 Å². The highest BCUT2D eigenvalue weighted by atomic mass is 16.7. The maximum Gasteiger partial charge on any atom is 0.217 e. The van der Waals surface area contributed by atoms with Crippen LogP contribution in [0.3, 0.4) is 0 Å². The van der Waals surface area contributed by atoms with E-state index in [1.807, 2.05) is 0 Å². The van der Waals surface area contributed by atoms with Gasteiger partial charge in [0.1, 0.15) is 0 Å². The predicted octanol–water partition coefficient (Wildman–Crippen LogP) is 5.52. The number of allylic oxidation sites excluding steroid dienone is 2. The molecular formula is C25H32N4O2. The lowest BCUT2D eigenvalue weighted by atomic mass is 9.51. The normalized spacial score (nSPS) is 40.0. The third kappa shape index (κ3) is 3.18. The van der Waals surface area contributed by atoms with Crippen LogP contribution < -0.4 is 0 Å². The van der Waals surface area contributed by atoms with Gasteiger partial charge in [0.05, 0.1) is 30.2 Å². The molecule has 0 spiro atoms. The number of ether oxygens (including phenoxy) is 2. The quantitative estimate of drug-likeness (QED) is 0.561. The summed E-state index contributed by atoms with van der Waals surface area (Å²) in [5.74, 6) is -1.81. The number of hydrogen-bond acceptors (Lipinski definition) is 6. The third-order valence-corrected chi connectivity index (χ3v) is 8.10. The molecule has 5 atom stereocenters. The van der Waals surface area contributed by atoms with E-state index in [-0.39, 0.29) is 11.8 Å². The maximum absolute atomic E-state index is 10.5. The fourth-order valence-corrected chi connectivity index (χ4v) is 6.49. The summed E-state index contributed by atoms with van der Waals surface area (Å²) in [5, 5.41) is 40.1. The number of nitrogens with zero attached hydrogens (tertiary/aromatic N) is 3. The zero-order valence-corrected chi connectivity index (χ0v) is 18.2. The molecule has 0 aromatic rings. The SMILES string of the molecule is N#CC1(C#N)C(C2CC=CCC2)OC23CCCCCCCCCCC2C1(C#N)C(=N)O3. The molecule has 0 radical (unpaired) electrons. The summed E-state index contributed by atoms with van der Waals surface area (Å²) in [5.41, 5.74) is -3.32. The van der Waals surface area contributed by atoms with Crippen molar-refractivity contribution in [3.8, 4) is 18.2 Å². The minimum atomic E-state index is -1.74. The molecule has 2 aliphatic heterocycles. The van der Waals surface area contributed by atoms with E-state index in [2.05, 4.69) is 30.4 Å². The average Bonchev–Trinajstić information content (AvgIpc) is 2.97. The molecule has 5 unspecified atom stereocenters. The van der Waals surface area contributed by atoms with E-state index in [9.17, 15) is 15.8 Å². The van der Waals surface area contributed by atoms with Crippen molar-refractivity contribution >= 4 is 5.90 Å². The topological polar surface area (TPSA) is 114 Å². The zero-order chi connectivity index (χ0) is 22.0. The van der Waals surface area contributed by atoms with Gasteiger partial charge in [-0.15, -0.1) is 0 Å². The molecule has 0 aromatic carbocycles. The summed E-state index contributed by atoms with van der Waals surface area (Å²) >= 11 is 0. The molecule has 4 rings (SSSR count). The molecule has 0 amide bonds. The van der Waals surface area contributed by atoms with Gasteiger partial charge >= 0.3 is 0 Å². The van der Waals surface area contributed by atoms with Crippen LogP contribution in [0.1, 0.15) is 83.5 Å². The number of nitriles is 3. The first kappa shape index (κ1) is 21.9. The van der Waals surface area contributed by atoms with E-state index in [4.69, 9.17) is 14.9 Å². The molecule has 0 aromatic heterocycles. The van der Waals surface area contributed by atoms with Gasteiger partial charge < -0.3 is 9.47 Å². The molecule has 31 heavy (non-hydrogen) atoms. The number of nitrogens with one attached hydrogen (secondary N) is 1. The van der Waals surface area contributed by atoms with Crippen molar-refractivity contribution in [1.29, 1.82) is 21.2 Å². The Kier molecular flexibility index (Phi) is 6.09. The van der Waals surface area contributed by atoms with Crippen molar-refractivity contribution in [3.05, 3.63) is 12.2 Å². The van der Waals surface area contributed by atoms with Crippen LogP contribution in [0.5, 0.6) is 0 Å². The van der Waals surface area contributed by atoms with Gasteiger partial charge in [-0.05, 0) is 38.0 Å². The Hall–Kier alpha value is -2.36. The van der Waals surface area contributed by atoms with Gasteiger partial charge in [-0.2, -0.15) is 15.8 Å². The van der Waals surface area contributed by atoms with Gasteiger partial charge in [0.25, 0.3) is 0 Å². The third-order valence-electron chi connectivity index (χ3n) is 8.10. The van der Waals surface area contributed by atoms with Crippen LogP contribution in [-0.4, -0.2) is 17.8 Å². The minimum Gasteiger partial charge on any atom is -0.447 e. The number of hydrogen-bond donors (Lipinski definition) is 1. The Morgan fingerprint density at radius 2 is 1.55 bits per heavy atom. The largest absolute Gasteiger partial charge is 0.447 e. The van der Waals surface area contributed by atoms with Crippen molar-refractivity contribution in [2.24, 2.45) is 22.7 Å². The van der Waals surface area contributed by atoms with Gasteiger partial charge in [0.15, 0.2) is 10.8 Å². The van der Waals surface area contributed by atoms with E-state index in [0.717, 1.165) is 44.9 Å². The van der Waals surface area contributed by atoms with Crippen LogP contribution >= 0.6 is 0 Å². The molecule has 6 nitrogen and oxygen atoms in total. The second-order valence-corrected chi connectivity index (χ2v) is 9.70. The zero-order valence-electron chi connectivity index (χ0n) is 18.2. The van der Waals surface area contributed by atoms with Gasteiger partial charge in [0, 0.05) is 6.42 Å². The summed E-state index contributed by atoms with van der Waals surface area (Å²) in [6, 6.07) is 6.79. The monoisotopic (exact) mass is 420 g/mol. The highest BCUT2D eigenvalue weighted by Gasteiger charge is 2.80. The van der Waals surface area contributed by atoms with Crippen LogP contribution in [0, 0.1) is 62.1 Å². The maximum atomic E-state index is 10.5. The van der Waals surface area contributed by atoms with E-state index < -0.39 is 28.6 Å². The summed E-state index contributed by atoms with van der Waals surface area (Å²) < 4.78 is 12.9. The second-order valence-electron chi connectivity index (χ2n) is 9.70. The Morgan fingerprint density at radius 1 is 0.871 bits per heavy atom. The summed E-state index contributed by atoms with van der Waals surface area (Å²) in [6.07, 6.45) is 15.8. The molecule has 2 saturated heterocycles. The first-order chi connectivity index (χ1) is 15.1. The van der Waals surface area contributed by atoms with Gasteiger partial charge in [-0.3, -0.25) is 5.41 Å². The first-order valence-electron chi connectivity index (χ1n) is 11.9. The fourth-order valence-electron chi connectivity index (χ4n) is 6.49. The predicted molar refractivity (Wildman–Crippen MR) is 114 cm³/mol. The average molecular weight is 421 g/mol. The van der Waals surface area contributed by atoms with Crippen molar-refractivity contribution in [3.63, 3.8) is 0 Å². The van der Waals surface area contributed by atoms with Crippen LogP contribution in [0.4, 0.5) is 0 Å². The van der Waals surface area contributed by atoms with Crippen LogP contribution in [0.2, 0.25) is 0 Å². The van der Waals surface area contributed by atoms with E-state index in [1.54, 1.807) is 0 Å². The lowest BCUT2D eigenvalue weighted by Crippen LogP contribution is -2.64. The summed E-state index contributed by atoms with van der Waals surface area (Å²) in [7, 11) is 0. The molecular weight excluding hydrogens is 388 g/mol. The minimum absolute atomic E-state index is 0.0364. The molecule has 2 bridgehead atoms. The van der Waals surface area contributed by atoms with E-state index in [0.29, 0.717) is 19.3 Å². The highest BCUT2D eigenvalue weighted by molar-refractivity contribution is 5.89. The molecule has 1 saturated carbocycles. The van der Waals surface area contributed by atoms with Crippen molar-refractivity contribution in [2.45, 2.75) is 95.4 Å². The molecule has 164 valence electrons. The fraction of sp³-hybridized carbons (Fsp3) is 0.760. The summed E-state index contributed by atoms with van der Waals surface area (Å²) in [6.45, 7) is 0. The molecule has 2 heterocycles. The van der Waals surface area contributed by atoms with Crippen molar-refractivity contribution in [1.82, 2.24) is 0 Å². The Morgan fingerprint density at radius 3 is 2.16 bits per heavy atom. The second kappa shape index (κ2) is 8.64. The van der Waals surface area contributed by atoms with Crippen LogP contribution in [0.15, 0.2) is 12.2 Å². The Bertz CT molecular complexity index is 848. The van der Waals surface area contributed by atoms with Crippen LogP contribution in [0.25, 0.3) is 0 Å². The first-order valence-corrected chi connectivity index (χ1v) is 11.9. The number of rotatable bonds is 1. The molecule has 3 fully saturated rings. The lowest BCUT2D eigenvalue weighted by molar-refractivity contribution is -0.295. The van der Waals surface area contributed by atoms with Crippen LogP contribution in [-0.2, 0) is 9.47 Å². The lowest BCUT2D eigenvalue weighted by Gasteiger charge is -2.52. The van der Waals surface area contributed by atoms with E-state index >= 15 is 0 Å². The van der Waals surface area contributed by atoms with Gasteiger partial charge in [-0.25, -0.2) is 0 Å².